The maximum atomic E-state index is 11.8. The molecule has 0 aliphatic carbocycles. The van der Waals surface area contributed by atoms with Crippen molar-refractivity contribution in [1.29, 1.82) is 0 Å². The Bertz CT molecular complexity index is 499. The molecule has 0 saturated carbocycles. The third kappa shape index (κ3) is 4.65. The molecule has 2 N–H and O–H groups in total. The van der Waals surface area contributed by atoms with Gasteiger partial charge in [-0.3, -0.25) is 4.79 Å². The van der Waals surface area contributed by atoms with Gasteiger partial charge in [-0.2, -0.15) is 0 Å². The molecule has 0 radical (unpaired) electrons. The lowest BCUT2D eigenvalue weighted by Gasteiger charge is -2.22. The first-order valence-corrected chi connectivity index (χ1v) is 6.42. The average Bonchev–Trinajstić information content (AvgIpc) is 2.30. The van der Waals surface area contributed by atoms with E-state index >= 15 is 0 Å². The molecule has 19 heavy (non-hydrogen) atoms. The molecule has 0 atom stereocenters. The maximum absolute atomic E-state index is 11.8. The predicted molar refractivity (Wildman–Crippen MR) is 75.4 cm³/mol. The highest BCUT2D eigenvalue weighted by molar-refractivity contribution is 9.10. The molecule has 0 aromatic heterocycles. The maximum Gasteiger partial charge on any atom is 0.335 e. The van der Waals surface area contributed by atoms with Crippen molar-refractivity contribution < 1.29 is 19.4 Å². The van der Waals surface area contributed by atoms with Crippen LogP contribution in [-0.2, 0) is 9.53 Å². The number of halogens is 1. The third-order valence-electron chi connectivity index (χ3n) is 2.63. The third-order valence-corrected chi connectivity index (χ3v) is 3.29. The number of hydrogen-bond acceptors (Lipinski definition) is 3. The fraction of sp³-hybridized carbons (Fsp3) is 0.385. The van der Waals surface area contributed by atoms with Crippen LogP contribution in [0.25, 0.3) is 0 Å². The summed E-state index contributed by atoms with van der Waals surface area (Å²) in [6, 6.07) is 4.43. The van der Waals surface area contributed by atoms with Gasteiger partial charge in [0.2, 0.25) is 5.91 Å². The normalized spacial score (nSPS) is 11.2. The molecule has 0 spiro atoms. The van der Waals surface area contributed by atoms with Gasteiger partial charge in [0.05, 0.1) is 23.3 Å². The summed E-state index contributed by atoms with van der Waals surface area (Å²) in [6.45, 7) is 3.63. The smallest absolute Gasteiger partial charge is 0.335 e. The number of ether oxygens (including phenoxy) is 1. The molecular weight excluding hydrogens is 314 g/mol. The Labute approximate surface area is 120 Å². The summed E-state index contributed by atoms with van der Waals surface area (Å²) in [5.74, 6) is -1.21. The topological polar surface area (TPSA) is 75.6 Å². The molecule has 0 aliphatic rings. The monoisotopic (exact) mass is 329 g/mol. The molecule has 6 heteroatoms. The molecule has 0 fully saturated rings. The van der Waals surface area contributed by atoms with Gasteiger partial charge in [0.25, 0.3) is 0 Å². The van der Waals surface area contributed by atoms with Crippen molar-refractivity contribution in [2.24, 2.45) is 0 Å². The Kier molecular flexibility index (Phi) is 5.08. The second-order valence-electron chi connectivity index (χ2n) is 4.69. The van der Waals surface area contributed by atoms with E-state index in [-0.39, 0.29) is 17.9 Å². The largest absolute Gasteiger partial charge is 0.478 e. The van der Waals surface area contributed by atoms with Crippen LogP contribution in [0.3, 0.4) is 0 Å². The Morgan fingerprint density at radius 3 is 2.53 bits per heavy atom. The average molecular weight is 330 g/mol. The number of amides is 1. The minimum Gasteiger partial charge on any atom is -0.478 e. The summed E-state index contributed by atoms with van der Waals surface area (Å²) in [5.41, 5.74) is 0.140. The summed E-state index contributed by atoms with van der Waals surface area (Å²) >= 11 is 3.23. The SMILES string of the molecule is COC(C)(C)CC(=O)Nc1ccc(C(=O)O)cc1Br. The number of aromatic carboxylic acids is 1. The van der Waals surface area contributed by atoms with Gasteiger partial charge in [-0.1, -0.05) is 0 Å². The summed E-state index contributed by atoms with van der Waals surface area (Å²) in [4.78, 5) is 22.6. The minimum atomic E-state index is -1.01. The molecule has 0 saturated heterocycles. The van der Waals surface area contributed by atoms with Crippen LogP contribution in [0.4, 0.5) is 5.69 Å². The van der Waals surface area contributed by atoms with Gasteiger partial charge >= 0.3 is 5.97 Å². The van der Waals surface area contributed by atoms with E-state index < -0.39 is 11.6 Å². The highest BCUT2D eigenvalue weighted by Gasteiger charge is 2.21. The van der Waals surface area contributed by atoms with Crippen molar-refractivity contribution in [3.63, 3.8) is 0 Å². The van der Waals surface area contributed by atoms with Crippen LogP contribution in [0.5, 0.6) is 0 Å². The molecule has 1 aromatic carbocycles. The van der Waals surface area contributed by atoms with E-state index in [1.165, 1.54) is 12.1 Å². The molecular formula is C13H16BrNO4. The van der Waals surface area contributed by atoms with Crippen molar-refractivity contribution in [3.8, 4) is 0 Å². The summed E-state index contributed by atoms with van der Waals surface area (Å²) < 4.78 is 5.70. The Morgan fingerprint density at radius 2 is 2.05 bits per heavy atom. The van der Waals surface area contributed by atoms with Crippen LogP contribution in [0.1, 0.15) is 30.6 Å². The van der Waals surface area contributed by atoms with E-state index in [2.05, 4.69) is 21.2 Å². The molecule has 0 aliphatic heterocycles. The van der Waals surface area contributed by atoms with Gasteiger partial charge in [0, 0.05) is 11.6 Å². The van der Waals surface area contributed by atoms with Crippen molar-refractivity contribution in [1.82, 2.24) is 0 Å². The van der Waals surface area contributed by atoms with Gasteiger partial charge in [-0.25, -0.2) is 4.79 Å². The lowest BCUT2D eigenvalue weighted by Crippen LogP contribution is -2.29. The zero-order valence-corrected chi connectivity index (χ0v) is 12.6. The van der Waals surface area contributed by atoms with Crippen molar-refractivity contribution in [3.05, 3.63) is 28.2 Å². The highest BCUT2D eigenvalue weighted by atomic mass is 79.9. The number of carbonyl (C=O) groups is 2. The molecule has 0 unspecified atom stereocenters. The molecule has 1 amide bonds. The van der Waals surface area contributed by atoms with Gasteiger partial charge in [-0.15, -0.1) is 0 Å². The number of benzene rings is 1. The van der Waals surface area contributed by atoms with Crippen molar-refractivity contribution in [2.75, 3.05) is 12.4 Å². The van der Waals surface area contributed by atoms with Gasteiger partial charge < -0.3 is 15.2 Å². The van der Waals surface area contributed by atoms with Crippen LogP contribution in [0.2, 0.25) is 0 Å². The standard InChI is InChI=1S/C13H16BrNO4/c1-13(2,19-3)7-11(16)15-10-5-4-8(12(17)18)6-9(10)14/h4-6H,7H2,1-3H3,(H,15,16)(H,17,18). The Morgan fingerprint density at radius 1 is 1.42 bits per heavy atom. The lowest BCUT2D eigenvalue weighted by atomic mass is 10.0. The summed E-state index contributed by atoms with van der Waals surface area (Å²) in [7, 11) is 1.55. The molecule has 0 bridgehead atoms. The Hall–Kier alpha value is -1.40. The van der Waals surface area contributed by atoms with Crippen LogP contribution >= 0.6 is 15.9 Å². The van der Waals surface area contributed by atoms with E-state index in [1.807, 2.05) is 13.8 Å². The van der Waals surface area contributed by atoms with Crippen molar-refractivity contribution >= 4 is 33.5 Å². The fourth-order valence-corrected chi connectivity index (χ4v) is 1.88. The number of carbonyl (C=O) groups excluding carboxylic acids is 1. The fourth-order valence-electron chi connectivity index (χ4n) is 1.40. The molecule has 104 valence electrons. The van der Waals surface area contributed by atoms with Crippen LogP contribution in [0, 0.1) is 0 Å². The number of carboxylic acids is 1. The minimum absolute atomic E-state index is 0.155. The van der Waals surface area contributed by atoms with Crippen molar-refractivity contribution in [2.45, 2.75) is 25.9 Å². The number of methoxy groups -OCH3 is 1. The van der Waals surface area contributed by atoms with Gasteiger partial charge in [0.15, 0.2) is 0 Å². The zero-order chi connectivity index (χ0) is 14.6. The highest BCUT2D eigenvalue weighted by Crippen LogP contribution is 2.24. The number of nitrogens with one attached hydrogen (secondary N) is 1. The second kappa shape index (κ2) is 6.16. The lowest BCUT2D eigenvalue weighted by molar-refractivity contribution is -0.121. The van der Waals surface area contributed by atoms with Crippen LogP contribution in [0.15, 0.2) is 22.7 Å². The predicted octanol–water partition coefficient (Wildman–Crippen LogP) is 2.90. The van der Waals surface area contributed by atoms with Crippen LogP contribution in [-0.4, -0.2) is 29.7 Å². The number of carboxylic acid groups (broad SMARTS) is 1. The molecule has 1 rings (SSSR count). The van der Waals surface area contributed by atoms with E-state index in [1.54, 1.807) is 13.2 Å². The van der Waals surface area contributed by atoms with Gasteiger partial charge in [0.1, 0.15) is 0 Å². The van der Waals surface area contributed by atoms with E-state index in [9.17, 15) is 9.59 Å². The van der Waals surface area contributed by atoms with E-state index in [0.717, 1.165) is 0 Å². The summed E-state index contributed by atoms with van der Waals surface area (Å²) in [5, 5.41) is 11.6. The number of rotatable bonds is 5. The first kappa shape index (κ1) is 15.7. The second-order valence-corrected chi connectivity index (χ2v) is 5.54. The number of hydrogen-bond donors (Lipinski definition) is 2. The molecule has 5 nitrogen and oxygen atoms in total. The van der Waals surface area contributed by atoms with Crippen LogP contribution < -0.4 is 5.32 Å². The van der Waals surface area contributed by atoms with Gasteiger partial charge in [-0.05, 0) is 48.0 Å². The van der Waals surface area contributed by atoms with E-state index in [4.69, 9.17) is 9.84 Å². The first-order valence-electron chi connectivity index (χ1n) is 5.63. The molecule has 1 aromatic rings. The Balaban J connectivity index is 2.78. The molecule has 0 heterocycles. The quantitative estimate of drug-likeness (QED) is 0.870. The van der Waals surface area contributed by atoms with E-state index in [0.29, 0.717) is 10.2 Å². The number of anilines is 1. The zero-order valence-electron chi connectivity index (χ0n) is 11.0. The summed E-state index contributed by atoms with van der Waals surface area (Å²) in [6.07, 6.45) is 0.205. The first-order chi connectivity index (χ1) is 8.75.